The van der Waals surface area contributed by atoms with E-state index in [1.165, 1.54) is 29.5 Å². The van der Waals surface area contributed by atoms with Gasteiger partial charge in [-0.3, -0.25) is 9.59 Å². The van der Waals surface area contributed by atoms with Crippen LogP contribution in [-0.4, -0.2) is 29.3 Å². The summed E-state index contributed by atoms with van der Waals surface area (Å²) >= 11 is 0. The van der Waals surface area contributed by atoms with Gasteiger partial charge in [0.05, 0.1) is 0 Å². The Bertz CT molecular complexity index is 863. The SMILES string of the molecule is CCC(=O)N(CCCCCCc1ccccc1)C1CCc2c(cccc2NC(C)=O)C1. The lowest BCUT2D eigenvalue weighted by Gasteiger charge is -2.36. The molecule has 1 N–H and O–H groups in total. The molecule has 2 amide bonds. The van der Waals surface area contributed by atoms with Crippen LogP contribution >= 0.6 is 0 Å². The predicted molar refractivity (Wildman–Crippen MR) is 127 cm³/mol. The number of hydrogen-bond donors (Lipinski definition) is 1. The molecule has 4 heteroatoms. The number of nitrogens with one attached hydrogen (secondary N) is 1. The summed E-state index contributed by atoms with van der Waals surface area (Å²) in [5.41, 5.74) is 4.83. The van der Waals surface area contributed by atoms with E-state index in [4.69, 9.17) is 0 Å². The average Bonchev–Trinajstić information content (AvgIpc) is 2.78. The van der Waals surface area contributed by atoms with Crippen molar-refractivity contribution in [3.63, 3.8) is 0 Å². The largest absolute Gasteiger partial charge is 0.339 e. The first-order valence-electron chi connectivity index (χ1n) is 11.8. The summed E-state index contributed by atoms with van der Waals surface area (Å²) in [6.45, 7) is 4.36. The Morgan fingerprint density at radius 1 is 1.00 bits per heavy atom. The molecule has 0 radical (unpaired) electrons. The molecule has 1 aliphatic carbocycles. The van der Waals surface area contributed by atoms with E-state index in [1.54, 1.807) is 6.92 Å². The van der Waals surface area contributed by atoms with Crippen LogP contribution in [0.1, 0.15) is 69.1 Å². The van der Waals surface area contributed by atoms with Gasteiger partial charge >= 0.3 is 0 Å². The third kappa shape index (κ3) is 6.68. The molecule has 2 aromatic rings. The number of aryl methyl sites for hydroxylation is 1. The van der Waals surface area contributed by atoms with Crippen molar-refractivity contribution >= 4 is 17.5 Å². The fourth-order valence-electron chi connectivity index (χ4n) is 4.68. The van der Waals surface area contributed by atoms with Gasteiger partial charge in [0.2, 0.25) is 11.8 Å². The maximum atomic E-state index is 12.7. The van der Waals surface area contributed by atoms with Gasteiger partial charge in [0, 0.05) is 31.6 Å². The van der Waals surface area contributed by atoms with Crippen LogP contribution in [0.2, 0.25) is 0 Å². The Balaban J connectivity index is 1.52. The average molecular weight is 421 g/mol. The monoisotopic (exact) mass is 420 g/mol. The number of amides is 2. The van der Waals surface area contributed by atoms with Crippen LogP contribution in [0.3, 0.4) is 0 Å². The van der Waals surface area contributed by atoms with Crippen molar-refractivity contribution in [2.45, 2.75) is 77.7 Å². The molecule has 0 saturated heterocycles. The van der Waals surface area contributed by atoms with E-state index >= 15 is 0 Å². The second kappa shape index (κ2) is 11.7. The number of hydrogen-bond acceptors (Lipinski definition) is 2. The van der Waals surface area contributed by atoms with E-state index in [1.807, 2.05) is 19.1 Å². The minimum absolute atomic E-state index is 0.0365. The van der Waals surface area contributed by atoms with Gasteiger partial charge in [0.1, 0.15) is 0 Å². The first-order chi connectivity index (χ1) is 15.1. The molecule has 0 bridgehead atoms. The number of anilines is 1. The molecular weight excluding hydrogens is 384 g/mol. The molecule has 0 heterocycles. The third-order valence-electron chi connectivity index (χ3n) is 6.29. The molecule has 3 rings (SSSR count). The molecule has 0 aliphatic heterocycles. The van der Waals surface area contributed by atoms with Crippen molar-refractivity contribution in [3.8, 4) is 0 Å². The summed E-state index contributed by atoms with van der Waals surface area (Å²) in [6, 6.07) is 17.0. The Kier molecular flexibility index (Phi) is 8.69. The van der Waals surface area contributed by atoms with Crippen LogP contribution in [-0.2, 0) is 28.9 Å². The minimum atomic E-state index is -0.0365. The summed E-state index contributed by atoms with van der Waals surface area (Å²) in [4.78, 5) is 26.3. The quantitative estimate of drug-likeness (QED) is 0.513. The third-order valence-corrected chi connectivity index (χ3v) is 6.29. The van der Waals surface area contributed by atoms with Crippen LogP contribution in [0.4, 0.5) is 5.69 Å². The van der Waals surface area contributed by atoms with Crippen molar-refractivity contribution < 1.29 is 9.59 Å². The summed E-state index contributed by atoms with van der Waals surface area (Å²) in [7, 11) is 0. The maximum absolute atomic E-state index is 12.7. The highest BCUT2D eigenvalue weighted by molar-refractivity contribution is 5.89. The van der Waals surface area contributed by atoms with Crippen molar-refractivity contribution in [1.29, 1.82) is 0 Å². The molecule has 4 nitrogen and oxygen atoms in total. The Hall–Kier alpha value is -2.62. The standard InChI is InChI=1S/C27H36N2O2/c1-3-27(31)29(19-10-5-4-7-12-22-13-8-6-9-14-22)24-17-18-25-23(20-24)15-11-16-26(25)28-21(2)30/h6,8-9,11,13-16,24H,3-5,7,10,12,17-20H2,1-2H3,(H,28,30). The van der Waals surface area contributed by atoms with Gasteiger partial charge in [-0.25, -0.2) is 0 Å². The summed E-state index contributed by atoms with van der Waals surface area (Å²) in [6.07, 6.45) is 9.07. The molecular formula is C27H36N2O2. The van der Waals surface area contributed by atoms with Crippen molar-refractivity contribution in [3.05, 3.63) is 65.2 Å². The van der Waals surface area contributed by atoms with E-state index in [2.05, 4.69) is 46.6 Å². The Morgan fingerprint density at radius 3 is 2.52 bits per heavy atom. The molecule has 0 aromatic heterocycles. The smallest absolute Gasteiger partial charge is 0.222 e. The Labute approximate surface area is 187 Å². The molecule has 166 valence electrons. The van der Waals surface area contributed by atoms with Gasteiger partial charge in [-0.2, -0.15) is 0 Å². The highest BCUT2D eigenvalue weighted by Crippen LogP contribution is 2.30. The zero-order chi connectivity index (χ0) is 22.1. The summed E-state index contributed by atoms with van der Waals surface area (Å²) < 4.78 is 0. The lowest BCUT2D eigenvalue weighted by molar-refractivity contribution is -0.133. The van der Waals surface area contributed by atoms with Crippen LogP contribution in [0, 0.1) is 0 Å². The van der Waals surface area contributed by atoms with Crippen LogP contribution < -0.4 is 5.32 Å². The van der Waals surface area contributed by atoms with Gasteiger partial charge in [-0.05, 0) is 61.3 Å². The minimum Gasteiger partial charge on any atom is -0.339 e. The van der Waals surface area contributed by atoms with E-state index in [9.17, 15) is 9.59 Å². The second-order valence-corrected chi connectivity index (χ2v) is 8.61. The number of rotatable bonds is 10. The molecule has 0 saturated carbocycles. The number of carbonyl (C=O) groups excluding carboxylic acids is 2. The Morgan fingerprint density at radius 2 is 1.77 bits per heavy atom. The van der Waals surface area contributed by atoms with Crippen molar-refractivity contribution in [2.24, 2.45) is 0 Å². The van der Waals surface area contributed by atoms with Gasteiger partial charge in [-0.15, -0.1) is 0 Å². The van der Waals surface area contributed by atoms with Gasteiger partial charge in [0.25, 0.3) is 0 Å². The lowest BCUT2D eigenvalue weighted by Crippen LogP contribution is -2.43. The molecule has 0 spiro atoms. The zero-order valence-electron chi connectivity index (χ0n) is 19.0. The normalized spacial score (nSPS) is 15.2. The number of benzene rings is 2. The molecule has 2 aromatic carbocycles. The fourth-order valence-corrected chi connectivity index (χ4v) is 4.68. The predicted octanol–water partition coefficient (Wildman–Crippen LogP) is 5.54. The molecule has 1 unspecified atom stereocenters. The number of unbranched alkanes of at least 4 members (excludes halogenated alkanes) is 3. The number of fused-ring (bicyclic) bond motifs is 1. The van der Waals surface area contributed by atoms with Crippen LogP contribution in [0.5, 0.6) is 0 Å². The van der Waals surface area contributed by atoms with Crippen LogP contribution in [0.15, 0.2) is 48.5 Å². The highest BCUT2D eigenvalue weighted by atomic mass is 16.2. The molecule has 0 fully saturated rings. The number of nitrogens with zero attached hydrogens (tertiary/aromatic N) is 1. The number of carbonyl (C=O) groups is 2. The van der Waals surface area contributed by atoms with E-state index in [0.717, 1.165) is 50.8 Å². The molecule has 1 atom stereocenters. The first kappa shape index (κ1) is 23.1. The van der Waals surface area contributed by atoms with E-state index in [-0.39, 0.29) is 17.9 Å². The fraction of sp³-hybridized carbons (Fsp3) is 0.481. The van der Waals surface area contributed by atoms with Crippen LogP contribution in [0.25, 0.3) is 0 Å². The topological polar surface area (TPSA) is 49.4 Å². The molecule has 31 heavy (non-hydrogen) atoms. The first-order valence-corrected chi connectivity index (χ1v) is 11.8. The van der Waals surface area contributed by atoms with Crippen molar-refractivity contribution in [1.82, 2.24) is 4.90 Å². The second-order valence-electron chi connectivity index (χ2n) is 8.61. The zero-order valence-corrected chi connectivity index (χ0v) is 19.0. The van der Waals surface area contributed by atoms with Gasteiger partial charge in [-0.1, -0.05) is 62.2 Å². The van der Waals surface area contributed by atoms with Gasteiger partial charge in [0.15, 0.2) is 0 Å². The van der Waals surface area contributed by atoms with E-state index in [0.29, 0.717) is 6.42 Å². The highest BCUT2D eigenvalue weighted by Gasteiger charge is 2.27. The summed E-state index contributed by atoms with van der Waals surface area (Å²) in [5.74, 6) is 0.223. The molecule has 1 aliphatic rings. The van der Waals surface area contributed by atoms with E-state index < -0.39 is 0 Å². The maximum Gasteiger partial charge on any atom is 0.222 e. The van der Waals surface area contributed by atoms with Crippen molar-refractivity contribution in [2.75, 3.05) is 11.9 Å². The summed E-state index contributed by atoms with van der Waals surface area (Å²) in [5, 5.41) is 2.96. The van der Waals surface area contributed by atoms with Gasteiger partial charge < -0.3 is 10.2 Å². The lowest BCUT2D eigenvalue weighted by atomic mass is 9.86.